The van der Waals surface area contributed by atoms with Gasteiger partial charge in [-0.2, -0.15) is 0 Å². The molecule has 0 saturated carbocycles. The number of nitrogens with zero attached hydrogens (tertiary/aromatic N) is 2. The van der Waals surface area contributed by atoms with Crippen molar-refractivity contribution in [1.82, 2.24) is 15.1 Å². The molecule has 0 spiro atoms. The molecule has 1 aromatic rings. The van der Waals surface area contributed by atoms with Crippen molar-refractivity contribution in [1.29, 1.82) is 0 Å². The second-order valence-corrected chi connectivity index (χ2v) is 8.78. The lowest BCUT2D eigenvalue weighted by molar-refractivity contribution is 0.0561. The minimum absolute atomic E-state index is 0. The van der Waals surface area contributed by atoms with Gasteiger partial charge in [0.05, 0.1) is 13.2 Å². The van der Waals surface area contributed by atoms with Crippen LogP contribution in [0.15, 0.2) is 30.3 Å². The third-order valence-electron chi connectivity index (χ3n) is 6.87. The van der Waals surface area contributed by atoms with Crippen molar-refractivity contribution in [3.63, 3.8) is 0 Å². The molecule has 1 unspecified atom stereocenters. The zero-order valence-electron chi connectivity index (χ0n) is 17.8. The van der Waals surface area contributed by atoms with Crippen molar-refractivity contribution in [2.75, 3.05) is 59.0 Å². The first-order valence-corrected chi connectivity index (χ1v) is 11.1. The Bertz CT molecular complexity index is 610. The van der Waals surface area contributed by atoms with E-state index < -0.39 is 0 Å². The van der Waals surface area contributed by atoms with E-state index >= 15 is 0 Å². The van der Waals surface area contributed by atoms with Gasteiger partial charge in [0, 0.05) is 44.2 Å². The number of carbonyl (C=O) groups excluding carboxylic acids is 1. The highest BCUT2D eigenvalue weighted by atomic mass is 35.5. The first kappa shape index (κ1) is 25.4. The number of piperidine rings is 2. The molecule has 7 heteroatoms. The van der Waals surface area contributed by atoms with Gasteiger partial charge >= 0.3 is 0 Å². The quantitative estimate of drug-likeness (QED) is 0.752. The van der Waals surface area contributed by atoms with E-state index in [0.717, 1.165) is 56.8 Å². The Balaban J connectivity index is 0.00000160. The van der Waals surface area contributed by atoms with Crippen LogP contribution in [0.3, 0.4) is 0 Å². The molecule has 1 amide bonds. The maximum atomic E-state index is 12.6. The van der Waals surface area contributed by atoms with Crippen LogP contribution >= 0.6 is 24.8 Å². The highest BCUT2D eigenvalue weighted by Gasteiger charge is 2.31. The minimum atomic E-state index is 0. The standard InChI is InChI=1S/C23H35N3O2.2ClH/c27-23(22-4-2-1-3-5-22)26-13-8-21(9-14-26)20-6-11-25(12-7-20)17-19-16-24-10-15-28-18-19;;/h1-5,19-21,24H,6-18H2;2*1H. The molecule has 4 rings (SSSR count). The number of rotatable bonds is 4. The second-order valence-electron chi connectivity index (χ2n) is 8.78. The van der Waals surface area contributed by atoms with Crippen LogP contribution in [-0.4, -0.2) is 74.7 Å². The van der Waals surface area contributed by atoms with Crippen LogP contribution in [0.4, 0.5) is 0 Å². The summed E-state index contributed by atoms with van der Waals surface area (Å²) in [5.74, 6) is 2.47. The van der Waals surface area contributed by atoms with Gasteiger partial charge in [0.25, 0.3) is 5.91 Å². The van der Waals surface area contributed by atoms with E-state index in [2.05, 4.69) is 15.1 Å². The molecule has 5 nitrogen and oxygen atoms in total. The number of nitrogens with one attached hydrogen (secondary N) is 1. The average molecular weight is 458 g/mol. The summed E-state index contributed by atoms with van der Waals surface area (Å²) in [4.78, 5) is 17.3. The van der Waals surface area contributed by atoms with E-state index in [-0.39, 0.29) is 30.7 Å². The Morgan fingerprint density at radius 2 is 1.60 bits per heavy atom. The van der Waals surface area contributed by atoms with Crippen molar-refractivity contribution in [2.24, 2.45) is 17.8 Å². The van der Waals surface area contributed by atoms with Gasteiger partial charge in [0.15, 0.2) is 0 Å². The Kier molecular flexibility index (Phi) is 10.9. The number of benzene rings is 1. The summed E-state index contributed by atoms with van der Waals surface area (Å²) in [6, 6.07) is 9.72. The molecule has 0 bridgehead atoms. The van der Waals surface area contributed by atoms with E-state index in [1.54, 1.807) is 0 Å². The Hall–Kier alpha value is -0.850. The highest BCUT2D eigenvalue weighted by molar-refractivity contribution is 5.94. The van der Waals surface area contributed by atoms with E-state index in [1.165, 1.54) is 45.3 Å². The lowest BCUT2D eigenvalue weighted by Crippen LogP contribution is -2.44. The first-order chi connectivity index (χ1) is 13.8. The molecule has 3 heterocycles. The second kappa shape index (κ2) is 12.9. The predicted molar refractivity (Wildman–Crippen MR) is 126 cm³/mol. The van der Waals surface area contributed by atoms with Crippen molar-refractivity contribution < 1.29 is 9.53 Å². The number of likely N-dealkylation sites (tertiary alicyclic amines) is 2. The fraction of sp³-hybridized carbons (Fsp3) is 0.696. The fourth-order valence-electron chi connectivity index (χ4n) is 5.19. The Morgan fingerprint density at radius 3 is 2.27 bits per heavy atom. The van der Waals surface area contributed by atoms with Crippen molar-refractivity contribution in [2.45, 2.75) is 25.7 Å². The number of amides is 1. The third kappa shape index (κ3) is 6.83. The van der Waals surface area contributed by atoms with Gasteiger partial charge in [0.1, 0.15) is 0 Å². The molecule has 1 atom stereocenters. The SMILES string of the molecule is Cl.Cl.O=C(c1ccccc1)N1CCC(C2CCN(CC3CNCCOC3)CC2)CC1. The van der Waals surface area contributed by atoms with Crippen molar-refractivity contribution >= 4 is 30.7 Å². The van der Waals surface area contributed by atoms with Crippen molar-refractivity contribution in [3.8, 4) is 0 Å². The lowest BCUT2D eigenvalue weighted by atomic mass is 9.78. The minimum Gasteiger partial charge on any atom is -0.380 e. The monoisotopic (exact) mass is 457 g/mol. The summed E-state index contributed by atoms with van der Waals surface area (Å²) in [6.07, 6.45) is 4.98. The van der Waals surface area contributed by atoms with Gasteiger partial charge in [-0.1, -0.05) is 18.2 Å². The molecule has 3 fully saturated rings. The summed E-state index contributed by atoms with van der Waals surface area (Å²) in [5, 5.41) is 3.49. The van der Waals surface area contributed by atoms with Crippen LogP contribution in [0.25, 0.3) is 0 Å². The summed E-state index contributed by atoms with van der Waals surface area (Å²) in [5.41, 5.74) is 0.825. The zero-order valence-corrected chi connectivity index (χ0v) is 19.5. The molecule has 1 aromatic carbocycles. The smallest absolute Gasteiger partial charge is 0.253 e. The van der Waals surface area contributed by atoms with E-state index in [9.17, 15) is 4.79 Å². The number of ether oxygens (including phenoxy) is 1. The molecule has 170 valence electrons. The van der Waals surface area contributed by atoms with E-state index in [0.29, 0.717) is 5.92 Å². The summed E-state index contributed by atoms with van der Waals surface area (Å²) >= 11 is 0. The largest absolute Gasteiger partial charge is 0.380 e. The summed E-state index contributed by atoms with van der Waals surface area (Å²) in [7, 11) is 0. The topological polar surface area (TPSA) is 44.8 Å². The van der Waals surface area contributed by atoms with Crippen LogP contribution in [0, 0.1) is 17.8 Å². The van der Waals surface area contributed by atoms with Crippen LogP contribution in [0.2, 0.25) is 0 Å². The average Bonchev–Trinajstić information content (AvgIpc) is 3.03. The van der Waals surface area contributed by atoms with Gasteiger partial charge in [0.2, 0.25) is 0 Å². The molecule has 30 heavy (non-hydrogen) atoms. The first-order valence-electron chi connectivity index (χ1n) is 11.1. The normalized spacial score (nSPS) is 24.4. The van der Waals surface area contributed by atoms with Gasteiger partial charge < -0.3 is 19.9 Å². The lowest BCUT2D eigenvalue weighted by Gasteiger charge is -2.40. The fourth-order valence-corrected chi connectivity index (χ4v) is 5.19. The van der Waals surface area contributed by atoms with Crippen LogP contribution < -0.4 is 5.32 Å². The van der Waals surface area contributed by atoms with Gasteiger partial charge in [-0.25, -0.2) is 0 Å². The number of halogens is 2. The van der Waals surface area contributed by atoms with Crippen LogP contribution in [0.5, 0.6) is 0 Å². The van der Waals surface area contributed by atoms with E-state index in [1.807, 2.05) is 30.3 Å². The molecule has 1 N–H and O–H groups in total. The molecule has 3 saturated heterocycles. The van der Waals surface area contributed by atoms with Gasteiger partial charge in [-0.05, 0) is 62.7 Å². The van der Waals surface area contributed by atoms with Crippen LogP contribution in [0.1, 0.15) is 36.0 Å². The Morgan fingerprint density at radius 1 is 0.967 bits per heavy atom. The molecule has 0 aromatic heterocycles. The molecular weight excluding hydrogens is 421 g/mol. The number of carbonyl (C=O) groups is 1. The highest BCUT2D eigenvalue weighted by Crippen LogP contribution is 2.33. The summed E-state index contributed by atoms with van der Waals surface area (Å²) < 4.78 is 5.70. The van der Waals surface area contributed by atoms with Gasteiger partial charge in [-0.15, -0.1) is 24.8 Å². The third-order valence-corrected chi connectivity index (χ3v) is 6.87. The predicted octanol–water partition coefficient (Wildman–Crippen LogP) is 3.33. The maximum absolute atomic E-state index is 12.6. The van der Waals surface area contributed by atoms with E-state index in [4.69, 9.17) is 4.74 Å². The van der Waals surface area contributed by atoms with Gasteiger partial charge in [-0.3, -0.25) is 4.79 Å². The van der Waals surface area contributed by atoms with Crippen molar-refractivity contribution in [3.05, 3.63) is 35.9 Å². The molecule has 0 aliphatic carbocycles. The van der Waals surface area contributed by atoms with Crippen LogP contribution in [-0.2, 0) is 4.74 Å². The molecular formula is C23H37Cl2N3O2. The summed E-state index contributed by atoms with van der Waals surface area (Å²) in [6.45, 7) is 9.30. The maximum Gasteiger partial charge on any atom is 0.253 e. The number of hydrogen-bond donors (Lipinski definition) is 1. The zero-order chi connectivity index (χ0) is 19.2. The molecule has 3 aliphatic rings. The Labute approximate surface area is 193 Å². The number of hydrogen-bond acceptors (Lipinski definition) is 4. The molecule has 0 radical (unpaired) electrons. The molecule has 3 aliphatic heterocycles.